The van der Waals surface area contributed by atoms with Crippen LogP contribution < -0.4 is 21.5 Å². The van der Waals surface area contributed by atoms with E-state index in [9.17, 15) is 24.5 Å². The smallest absolute Gasteiger partial charge is 0.269 e. The van der Waals surface area contributed by atoms with Gasteiger partial charge in [0.25, 0.3) is 11.6 Å². The molecular formula is C22H23N5O5S. The number of carbonyl (C=O) groups excluding carboxylic acids is 3. The number of hydrogen-bond acceptors (Lipinski definition) is 6. The fourth-order valence-corrected chi connectivity index (χ4v) is 2.69. The Hall–Kier alpha value is -4.12. The number of non-ortho nitro benzene ring substituents is 1. The summed E-state index contributed by atoms with van der Waals surface area (Å²) in [7, 11) is 0. The third-order valence-electron chi connectivity index (χ3n) is 4.08. The molecule has 0 bridgehead atoms. The minimum atomic E-state index is -0.554. The second-order valence-corrected chi connectivity index (χ2v) is 7.71. The van der Waals surface area contributed by atoms with Gasteiger partial charge in [-0.05, 0) is 66.2 Å². The van der Waals surface area contributed by atoms with E-state index in [1.54, 1.807) is 12.1 Å². The first-order valence-corrected chi connectivity index (χ1v) is 10.3. The van der Waals surface area contributed by atoms with Crippen molar-refractivity contribution in [1.29, 1.82) is 0 Å². The van der Waals surface area contributed by atoms with Gasteiger partial charge in [0.15, 0.2) is 5.11 Å². The van der Waals surface area contributed by atoms with Gasteiger partial charge < -0.3 is 5.32 Å². The van der Waals surface area contributed by atoms with Crippen molar-refractivity contribution in [2.24, 2.45) is 5.92 Å². The zero-order chi connectivity index (χ0) is 24.4. The predicted octanol–water partition coefficient (Wildman–Crippen LogP) is 2.93. The average Bonchev–Trinajstić information content (AvgIpc) is 2.76. The molecule has 0 saturated heterocycles. The molecule has 0 unspecified atom stereocenters. The molecule has 0 aliphatic carbocycles. The van der Waals surface area contributed by atoms with Gasteiger partial charge in [0, 0.05) is 35.9 Å². The summed E-state index contributed by atoms with van der Waals surface area (Å²) in [6.45, 7) is 3.89. The van der Waals surface area contributed by atoms with Crippen LogP contribution in [0.5, 0.6) is 0 Å². The van der Waals surface area contributed by atoms with Crippen molar-refractivity contribution in [3.63, 3.8) is 0 Å². The Morgan fingerprint density at radius 2 is 1.67 bits per heavy atom. The third-order valence-corrected chi connectivity index (χ3v) is 4.29. The van der Waals surface area contributed by atoms with Gasteiger partial charge in [-0.15, -0.1) is 0 Å². The third kappa shape index (κ3) is 8.87. The highest BCUT2D eigenvalue weighted by Gasteiger charge is 2.09. The SMILES string of the molecule is CC(C)CC(=O)Nc1ccc(C(=O)NNC(=S)NC(=O)/C=C/c2ccc([N+](=O)[O-])cc2)cc1. The zero-order valence-electron chi connectivity index (χ0n) is 18.0. The number of amides is 3. The normalized spacial score (nSPS) is 10.5. The summed E-state index contributed by atoms with van der Waals surface area (Å²) in [5, 5.41) is 15.6. The molecule has 11 heteroatoms. The number of nitro benzene ring substituents is 1. The molecule has 33 heavy (non-hydrogen) atoms. The summed E-state index contributed by atoms with van der Waals surface area (Å²) in [6.07, 6.45) is 3.06. The zero-order valence-corrected chi connectivity index (χ0v) is 18.8. The van der Waals surface area contributed by atoms with Crippen LogP contribution in [0.1, 0.15) is 36.2 Å². The van der Waals surface area contributed by atoms with Crippen molar-refractivity contribution in [3.8, 4) is 0 Å². The second-order valence-electron chi connectivity index (χ2n) is 7.30. The molecule has 0 atom stereocenters. The molecule has 2 rings (SSSR count). The Labute approximate surface area is 195 Å². The van der Waals surface area contributed by atoms with Gasteiger partial charge in [-0.2, -0.15) is 0 Å². The van der Waals surface area contributed by atoms with E-state index in [1.807, 2.05) is 13.8 Å². The van der Waals surface area contributed by atoms with Crippen LogP contribution in [-0.2, 0) is 9.59 Å². The van der Waals surface area contributed by atoms with Crippen molar-refractivity contribution in [2.45, 2.75) is 20.3 Å². The van der Waals surface area contributed by atoms with E-state index in [2.05, 4.69) is 21.5 Å². The Bertz CT molecular complexity index is 1070. The van der Waals surface area contributed by atoms with E-state index in [4.69, 9.17) is 12.2 Å². The van der Waals surface area contributed by atoms with E-state index in [-0.39, 0.29) is 22.6 Å². The highest BCUT2D eigenvalue weighted by molar-refractivity contribution is 7.80. The van der Waals surface area contributed by atoms with Crippen LogP contribution in [0, 0.1) is 16.0 Å². The molecule has 172 valence electrons. The fourth-order valence-electron chi connectivity index (χ4n) is 2.54. The van der Waals surface area contributed by atoms with Gasteiger partial charge in [-0.1, -0.05) is 13.8 Å². The molecule has 2 aromatic carbocycles. The Balaban J connectivity index is 1.79. The standard InChI is InChI=1S/C22H23N5O5S/c1-14(2)13-20(29)23-17-8-6-16(7-9-17)21(30)25-26-22(33)24-19(28)12-5-15-3-10-18(11-4-15)27(31)32/h3-12,14H,13H2,1-2H3,(H,23,29)(H,25,30)(H2,24,26,28,33)/b12-5+. The number of nitrogens with zero attached hydrogens (tertiary/aromatic N) is 1. The van der Waals surface area contributed by atoms with E-state index in [0.29, 0.717) is 23.2 Å². The van der Waals surface area contributed by atoms with Crippen LogP contribution in [-0.4, -0.2) is 27.8 Å². The minimum Gasteiger partial charge on any atom is -0.326 e. The van der Waals surface area contributed by atoms with Gasteiger partial charge in [-0.3, -0.25) is 40.7 Å². The molecule has 0 aromatic heterocycles. The quantitative estimate of drug-likeness (QED) is 0.211. The van der Waals surface area contributed by atoms with E-state index in [1.165, 1.54) is 48.6 Å². The molecule has 3 amide bonds. The van der Waals surface area contributed by atoms with Gasteiger partial charge in [-0.25, -0.2) is 0 Å². The van der Waals surface area contributed by atoms with Crippen LogP contribution in [0.25, 0.3) is 6.08 Å². The first-order chi connectivity index (χ1) is 15.6. The molecule has 0 radical (unpaired) electrons. The summed E-state index contributed by atoms with van der Waals surface area (Å²) in [5.74, 6) is -0.912. The average molecular weight is 470 g/mol. The maximum absolute atomic E-state index is 12.2. The molecule has 0 fully saturated rings. The number of thiocarbonyl (C=S) groups is 1. The second kappa shape index (κ2) is 12.1. The first kappa shape index (κ1) is 25.1. The number of anilines is 1. The molecule has 0 spiro atoms. The number of hydrazine groups is 1. The number of hydrogen-bond donors (Lipinski definition) is 4. The topological polar surface area (TPSA) is 142 Å². The lowest BCUT2D eigenvalue weighted by Gasteiger charge is -2.11. The van der Waals surface area contributed by atoms with E-state index in [0.717, 1.165) is 0 Å². The molecule has 0 heterocycles. The molecule has 0 aliphatic rings. The fraction of sp³-hybridized carbons (Fsp3) is 0.182. The highest BCUT2D eigenvalue weighted by Crippen LogP contribution is 2.13. The lowest BCUT2D eigenvalue weighted by Crippen LogP contribution is -2.48. The largest absolute Gasteiger partial charge is 0.326 e. The van der Waals surface area contributed by atoms with Gasteiger partial charge in [0.1, 0.15) is 0 Å². The summed E-state index contributed by atoms with van der Waals surface area (Å²) in [6, 6.07) is 11.9. The lowest BCUT2D eigenvalue weighted by atomic mass is 10.1. The van der Waals surface area contributed by atoms with Gasteiger partial charge in [0.2, 0.25) is 11.8 Å². The maximum atomic E-state index is 12.2. The summed E-state index contributed by atoms with van der Waals surface area (Å²) in [4.78, 5) is 46.1. The summed E-state index contributed by atoms with van der Waals surface area (Å²) < 4.78 is 0. The Morgan fingerprint density at radius 3 is 2.24 bits per heavy atom. The van der Waals surface area contributed by atoms with Crippen LogP contribution in [0.3, 0.4) is 0 Å². The van der Waals surface area contributed by atoms with E-state index >= 15 is 0 Å². The molecule has 2 aromatic rings. The minimum absolute atomic E-state index is 0.0526. The number of nitro groups is 1. The van der Waals surface area contributed by atoms with Crippen molar-refractivity contribution >= 4 is 52.5 Å². The molecule has 10 nitrogen and oxygen atoms in total. The van der Waals surface area contributed by atoms with Gasteiger partial charge >= 0.3 is 0 Å². The van der Waals surface area contributed by atoms with E-state index < -0.39 is 16.7 Å². The maximum Gasteiger partial charge on any atom is 0.269 e. The van der Waals surface area contributed by atoms with Crippen molar-refractivity contribution in [3.05, 3.63) is 75.8 Å². The summed E-state index contributed by atoms with van der Waals surface area (Å²) >= 11 is 4.96. The number of nitrogens with one attached hydrogen (secondary N) is 4. The van der Waals surface area contributed by atoms with Crippen molar-refractivity contribution in [1.82, 2.24) is 16.2 Å². The molecule has 4 N–H and O–H groups in total. The van der Waals surface area contributed by atoms with Crippen LogP contribution in [0.4, 0.5) is 11.4 Å². The monoisotopic (exact) mass is 469 g/mol. The van der Waals surface area contributed by atoms with Gasteiger partial charge in [0.05, 0.1) is 4.92 Å². The number of benzene rings is 2. The molecule has 0 aliphatic heterocycles. The molecule has 0 saturated carbocycles. The van der Waals surface area contributed by atoms with Crippen LogP contribution in [0.2, 0.25) is 0 Å². The summed E-state index contributed by atoms with van der Waals surface area (Å²) in [5.41, 5.74) is 6.21. The Morgan fingerprint density at radius 1 is 1.03 bits per heavy atom. The van der Waals surface area contributed by atoms with Crippen molar-refractivity contribution in [2.75, 3.05) is 5.32 Å². The first-order valence-electron chi connectivity index (χ1n) is 9.88. The number of rotatable bonds is 7. The molecular weight excluding hydrogens is 446 g/mol. The van der Waals surface area contributed by atoms with Crippen LogP contribution >= 0.6 is 12.2 Å². The van der Waals surface area contributed by atoms with Crippen molar-refractivity contribution < 1.29 is 19.3 Å². The predicted molar refractivity (Wildman–Crippen MR) is 128 cm³/mol. The number of carbonyl (C=O) groups is 3. The lowest BCUT2D eigenvalue weighted by molar-refractivity contribution is -0.384. The Kier molecular flexibility index (Phi) is 9.18. The highest BCUT2D eigenvalue weighted by atomic mass is 32.1. The van der Waals surface area contributed by atoms with Crippen LogP contribution in [0.15, 0.2) is 54.6 Å².